The number of allylic oxidation sites excluding steroid dienone is 2. The van der Waals surface area contributed by atoms with Crippen molar-refractivity contribution in [3.8, 4) is 0 Å². The molecule has 5 aliphatic carbocycles. The summed E-state index contributed by atoms with van der Waals surface area (Å²) in [7, 11) is 0. The highest BCUT2D eigenvalue weighted by molar-refractivity contribution is 5.79. The number of rotatable bonds is 10. The van der Waals surface area contributed by atoms with Crippen LogP contribution in [0.15, 0.2) is 11.6 Å². The second kappa shape index (κ2) is 20.5. The molecule has 0 bridgehead atoms. The summed E-state index contributed by atoms with van der Waals surface area (Å²) < 4.78 is 48.7. The first-order valence-electron chi connectivity index (χ1n) is 26.8. The molecule has 9 rings (SSSR count). The van der Waals surface area contributed by atoms with Crippen molar-refractivity contribution >= 4 is 5.97 Å². The molecular formula is C52H84O22. The van der Waals surface area contributed by atoms with Crippen LogP contribution in [-0.4, -0.2) is 221 Å². The minimum Gasteiger partial charge on any atom is -0.432 e. The molecule has 74 heavy (non-hydrogen) atoms. The standard InChI is InChI=1S/C52H84O22/c1-22-31(56)34(59)37(62)42(68-22)73-41-40(72-43-38(63)35(60)32(57)26(19-53)69-43)25(55)21-67-45(41)71-30-11-12-49(5)28(47(30,2)3)10-13-51(7)29(49)9-8-23-24-18-48(4,66)14-16-52(24,17-15-50(23,51)6)46(65)74-44-39(64)36(61)33(58)27(20-54)70-44/h8,22,24-45,53-64,66H,9-21H2,1-7H3/t22-,24-,25-,26+,27+,28-,29+,30-,31-,32+,33+,34+,35-,36-,37+,38+,39+,40-,41+,42-,43-,44-,45-,48-,49-,50+,51+,52-/m0/s1. The summed E-state index contributed by atoms with van der Waals surface area (Å²) in [5.41, 5.74) is -2.50. The average Bonchev–Trinajstić information content (AvgIpc) is 3.35. The summed E-state index contributed by atoms with van der Waals surface area (Å²) in [4.78, 5) is 14.7. The molecule has 9 aliphatic rings. The molecule has 0 unspecified atom stereocenters. The van der Waals surface area contributed by atoms with E-state index in [1.165, 1.54) is 6.92 Å². The molecule has 28 atom stereocenters. The van der Waals surface area contributed by atoms with Gasteiger partial charge in [0.2, 0.25) is 6.29 Å². The number of carbonyl (C=O) groups excluding carboxylic acids is 1. The monoisotopic (exact) mass is 1060 g/mol. The number of aliphatic hydroxyl groups is 13. The number of ether oxygens (including phenoxy) is 8. The predicted molar refractivity (Wildman–Crippen MR) is 252 cm³/mol. The second-order valence-corrected chi connectivity index (χ2v) is 25.1. The van der Waals surface area contributed by atoms with Gasteiger partial charge in [0.05, 0.1) is 43.0 Å². The van der Waals surface area contributed by atoms with Gasteiger partial charge in [0, 0.05) is 0 Å². The normalized spacial score (nSPS) is 55.4. The minimum atomic E-state index is -1.84. The lowest BCUT2D eigenvalue weighted by Crippen LogP contribution is -2.67. The van der Waals surface area contributed by atoms with Gasteiger partial charge < -0.3 is 104 Å². The van der Waals surface area contributed by atoms with Crippen molar-refractivity contribution in [1.29, 1.82) is 0 Å². The lowest BCUT2D eigenvalue weighted by atomic mass is 9.33. The molecule has 4 aliphatic heterocycles. The van der Waals surface area contributed by atoms with Gasteiger partial charge in [-0.15, -0.1) is 0 Å². The summed E-state index contributed by atoms with van der Waals surface area (Å²) in [6.45, 7) is 12.9. The topological polar surface area (TPSA) is 354 Å². The van der Waals surface area contributed by atoms with Crippen molar-refractivity contribution in [2.45, 2.75) is 241 Å². The Balaban J connectivity index is 0.973. The number of hydrogen-bond acceptors (Lipinski definition) is 22. The van der Waals surface area contributed by atoms with Crippen molar-refractivity contribution in [1.82, 2.24) is 0 Å². The van der Waals surface area contributed by atoms with E-state index >= 15 is 0 Å². The van der Waals surface area contributed by atoms with E-state index in [4.69, 9.17) is 37.9 Å². The van der Waals surface area contributed by atoms with Crippen molar-refractivity contribution in [2.24, 2.45) is 44.8 Å². The minimum absolute atomic E-state index is 0.0904. The zero-order valence-electron chi connectivity index (χ0n) is 43.5. The van der Waals surface area contributed by atoms with Crippen LogP contribution < -0.4 is 0 Å². The highest BCUT2D eigenvalue weighted by atomic mass is 16.8. The Kier molecular flexibility index (Phi) is 15.8. The van der Waals surface area contributed by atoms with Gasteiger partial charge in [0.25, 0.3) is 0 Å². The molecular weight excluding hydrogens is 977 g/mol. The van der Waals surface area contributed by atoms with Gasteiger partial charge in [-0.3, -0.25) is 4.79 Å². The molecule has 0 aromatic carbocycles. The quantitative estimate of drug-likeness (QED) is 0.0663. The van der Waals surface area contributed by atoms with Crippen molar-refractivity contribution in [3.63, 3.8) is 0 Å². The molecule has 13 N–H and O–H groups in total. The third-order valence-corrected chi connectivity index (χ3v) is 20.7. The summed E-state index contributed by atoms with van der Waals surface area (Å²) in [6.07, 6.45) is -22.2. The zero-order valence-corrected chi connectivity index (χ0v) is 43.5. The maximum atomic E-state index is 14.7. The van der Waals surface area contributed by atoms with Gasteiger partial charge in [0.1, 0.15) is 85.5 Å². The summed E-state index contributed by atoms with van der Waals surface area (Å²) >= 11 is 0. The summed E-state index contributed by atoms with van der Waals surface area (Å²) in [5, 5.41) is 139. The number of aliphatic hydroxyl groups excluding tert-OH is 12. The van der Waals surface area contributed by atoms with Crippen LogP contribution in [-0.2, 0) is 42.7 Å². The smallest absolute Gasteiger partial charge is 0.315 e. The van der Waals surface area contributed by atoms with Crippen LogP contribution in [0.3, 0.4) is 0 Å². The molecule has 0 spiro atoms. The maximum absolute atomic E-state index is 14.7. The lowest BCUT2D eigenvalue weighted by Gasteiger charge is -2.71. The summed E-state index contributed by atoms with van der Waals surface area (Å²) in [6, 6.07) is 0. The van der Waals surface area contributed by atoms with Gasteiger partial charge in [-0.2, -0.15) is 0 Å². The van der Waals surface area contributed by atoms with Gasteiger partial charge >= 0.3 is 5.97 Å². The Labute approximate surface area is 431 Å². The molecule has 22 nitrogen and oxygen atoms in total. The largest absolute Gasteiger partial charge is 0.432 e. The molecule has 4 heterocycles. The lowest BCUT2D eigenvalue weighted by molar-refractivity contribution is -0.388. The first-order valence-corrected chi connectivity index (χ1v) is 26.8. The molecule has 8 fully saturated rings. The number of esters is 1. The third-order valence-electron chi connectivity index (χ3n) is 20.7. The van der Waals surface area contributed by atoms with E-state index in [-0.39, 0.29) is 29.3 Å². The number of carbonyl (C=O) groups is 1. The van der Waals surface area contributed by atoms with Crippen molar-refractivity contribution < 1.29 is 109 Å². The Hall–Kier alpha value is -1.59. The molecule has 0 amide bonds. The van der Waals surface area contributed by atoms with E-state index < -0.39 is 170 Å². The fourth-order valence-corrected chi connectivity index (χ4v) is 16.0. The molecule has 0 radical (unpaired) electrons. The molecule has 0 aromatic heterocycles. The van der Waals surface area contributed by atoms with Crippen LogP contribution >= 0.6 is 0 Å². The van der Waals surface area contributed by atoms with Gasteiger partial charge in [0.15, 0.2) is 18.9 Å². The first-order chi connectivity index (χ1) is 34.6. The fraction of sp³-hybridized carbons (Fsp3) is 0.942. The van der Waals surface area contributed by atoms with E-state index in [2.05, 4.69) is 40.7 Å². The predicted octanol–water partition coefficient (Wildman–Crippen LogP) is -1.64. The van der Waals surface area contributed by atoms with Crippen molar-refractivity contribution in [3.05, 3.63) is 11.6 Å². The Bertz CT molecular complexity index is 2040. The highest BCUT2D eigenvalue weighted by Gasteiger charge is 2.70. The molecule has 4 saturated carbocycles. The van der Waals surface area contributed by atoms with Gasteiger partial charge in [-0.25, -0.2) is 0 Å². The maximum Gasteiger partial charge on any atom is 0.315 e. The van der Waals surface area contributed by atoms with Crippen LogP contribution in [0.2, 0.25) is 0 Å². The highest BCUT2D eigenvalue weighted by Crippen LogP contribution is 2.76. The van der Waals surface area contributed by atoms with E-state index in [1.807, 2.05) is 0 Å². The van der Waals surface area contributed by atoms with Gasteiger partial charge in [-0.05, 0) is 117 Å². The Morgan fingerprint density at radius 3 is 1.82 bits per heavy atom. The van der Waals surface area contributed by atoms with Crippen molar-refractivity contribution in [2.75, 3.05) is 19.8 Å². The van der Waals surface area contributed by atoms with Crippen LogP contribution in [0.5, 0.6) is 0 Å². The number of hydrogen-bond donors (Lipinski definition) is 13. The van der Waals surface area contributed by atoms with Crippen LogP contribution in [0.4, 0.5) is 0 Å². The molecule has 0 aromatic rings. The second-order valence-electron chi connectivity index (χ2n) is 25.1. The molecule has 424 valence electrons. The Morgan fingerprint density at radius 1 is 0.622 bits per heavy atom. The number of fused-ring (bicyclic) bond motifs is 7. The van der Waals surface area contributed by atoms with E-state index in [0.717, 1.165) is 24.8 Å². The van der Waals surface area contributed by atoms with E-state index in [0.29, 0.717) is 44.9 Å². The first kappa shape index (κ1) is 57.1. The Morgan fingerprint density at radius 2 is 1.19 bits per heavy atom. The van der Waals surface area contributed by atoms with Crippen LogP contribution in [0, 0.1) is 44.8 Å². The third kappa shape index (κ3) is 9.16. The van der Waals surface area contributed by atoms with E-state index in [9.17, 15) is 71.2 Å². The van der Waals surface area contributed by atoms with E-state index in [1.54, 1.807) is 6.92 Å². The fourth-order valence-electron chi connectivity index (χ4n) is 16.0. The van der Waals surface area contributed by atoms with Crippen LogP contribution in [0.1, 0.15) is 113 Å². The van der Waals surface area contributed by atoms with Gasteiger partial charge in [-0.1, -0.05) is 46.3 Å². The molecule has 4 saturated heterocycles. The average molecular weight is 1060 g/mol. The van der Waals surface area contributed by atoms with Crippen LogP contribution in [0.25, 0.3) is 0 Å². The zero-order chi connectivity index (χ0) is 54.0. The summed E-state index contributed by atoms with van der Waals surface area (Å²) in [5.74, 6) is -0.770. The SMILES string of the molecule is C[C@@H]1O[C@@H](O[C@H]2[C@H](O[C@H]3CC[C@]4(C)[C@H]5CC=C6[C@@H]7C[C@@](C)(O)CC[C@]7(C(=O)O[C@@H]7O[C@H](CO)[C@@H](O)[C@H](O)[C@H]7O)CC[C@@]6(C)[C@]5(C)CC[C@H]4C3(C)C)OC[C@H](O)[C@@H]2O[C@@H]2O[C@H](CO)[C@@H](O)[C@H](O)[C@H]2O)[C@H](O)[C@H](O)[C@H]1O. The molecule has 22 heteroatoms.